The Balaban J connectivity index is 0.000000462. The van der Waals surface area contributed by atoms with Gasteiger partial charge in [0.05, 0.1) is 30.0 Å². The molecule has 0 spiro atoms. The average molecular weight is 1160 g/mol. The van der Waals surface area contributed by atoms with Crippen LogP contribution in [0, 0.1) is 20.8 Å². The lowest BCUT2D eigenvalue weighted by Crippen LogP contribution is -2.49. The molecule has 20 heteroatoms. The quantitative estimate of drug-likeness (QED) is 0.106. The molecule has 0 aliphatic carbocycles. The second-order valence-corrected chi connectivity index (χ2v) is 25.5. The van der Waals surface area contributed by atoms with Crippen LogP contribution in [0.4, 0.5) is 0 Å². The van der Waals surface area contributed by atoms with E-state index in [9.17, 15) is 0 Å². The van der Waals surface area contributed by atoms with Crippen molar-refractivity contribution in [3.63, 3.8) is 0 Å². The maximum absolute atomic E-state index is 5.50. The predicted octanol–water partition coefficient (Wildman–Crippen LogP) is 12.5. The summed E-state index contributed by atoms with van der Waals surface area (Å²) in [6.07, 6.45) is 15.2. The van der Waals surface area contributed by atoms with Crippen LogP contribution in [-0.2, 0) is 10.8 Å². The summed E-state index contributed by atoms with van der Waals surface area (Å²) in [5.74, 6) is 2.39. The van der Waals surface area contributed by atoms with Crippen molar-refractivity contribution < 1.29 is 4.42 Å². The first-order chi connectivity index (χ1) is 38.5. The van der Waals surface area contributed by atoms with Crippen LogP contribution in [0.5, 0.6) is 0 Å². The normalized spacial score (nSPS) is 13.9. The van der Waals surface area contributed by atoms with Gasteiger partial charge in [-0.1, -0.05) is 69.2 Å². The minimum absolute atomic E-state index is 0.118. The molecule has 0 atom stereocenters. The Hall–Kier alpha value is -5.38. The van der Waals surface area contributed by atoms with E-state index in [0.717, 1.165) is 43.6 Å². The first kappa shape index (κ1) is 74.6. The molecule has 5 N–H and O–H groups in total. The van der Waals surface area contributed by atoms with Crippen molar-refractivity contribution in [2.24, 2.45) is 5.73 Å². The standard InChI is InChI=1S/C9H21N3.3C7H12N2.C7H16N2.C7H10S.C6H11N3.C6H10N2O.C6H10N2/c1-9(2)12-7-5-11(4-3-10)6-8-12;1-7(2,3)6-4-8-9-5-6;1-6(2)9-5-7(3)4-8-9;1-6(2)9-5-4-7(3)8-9;1-7(2)9-5-3-8-4-6-9;1-6(2)7-3-4-8-5-7;1-6(2,3)5-4-7-9-8-5;1-4(2)6-8-7-5(3)9-6;1-6(2)8-5-3-4-7-8/h9H,3-8,10H2,1-2H3;4-5H,1-3H3,(H,8,9);2*4-6H,1-3H3;7-8H,3-6H2,1-2H3;3-6H,1-2H3;4H,1-3H3,(H,7,8,9);4H,1-3H3;3-6H,1-2H3. The highest BCUT2D eigenvalue weighted by atomic mass is 32.1. The molecule has 0 bridgehead atoms. The van der Waals surface area contributed by atoms with Gasteiger partial charge in [0.25, 0.3) is 0 Å². The Morgan fingerprint density at radius 1 is 0.646 bits per heavy atom. The van der Waals surface area contributed by atoms with E-state index in [-0.39, 0.29) is 10.8 Å². The number of thiophene rings is 1. The number of aromatic nitrogens is 13. The van der Waals surface area contributed by atoms with Crippen LogP contribution >= 0.6 is 11.3 Å². The van der Waals surface area contributed by atoms with E-state index in [4.69, 9.17) is 10.2 Å². The predicted molar refractivity (Wildman–Crippen MR) is 343 cm³/mol. The van der Waals surface area contributed by atoms with Gasteiger partial charge in [0, 0.05) is 145 Å². The summed E-state index contributed by atoms with van der Waals surface area (Å²) >= 11 is 1.77. The van der Waals surface area contributed by atoms with Crippen molar-refractivity contribution in [2.75, 3.05) is 65.4 Å². The first-order valence-electron chi connectivity index (χ1n) is 29.8. The molecule has 0 unspecified atom stereocenters. The van der Waals surface area contributed by atoms with E-state index in [0.29, 0.717) is 47.8 Å². The summed E-state index contributed by atoms with van der Waals surface area (Å²) in [4.78, 5) is 7.46. The Kier molecular flexibility index (Phi) is 36.4. The summed E-state index contributed by atoms with van der Waals surface area (Å²) < 4.78 is 10.9. The average Bonchev–Trinajstić information content (AvgIpc) is 4.30. The van der Waals surface area contributed by atoms with Gasteiger partial charge < -0.3 is 15.5 Å². The molecule has 7 aromatic heterocycles. The van der Waals surface area contributed by atoms with Crippen molar-refractivity contribution in [3.05, 3.63) is 118 Å². The van der Waals surface area contributed by atoms with Crippen LogP contribution in [0.3, 0.4) is 0 Å². The number of aryl methyl sites for hydroxylation is 3. The Bertz CT molecular complexity index is 2300. The second kappa shape index (κ2) is 40.0. The van der Waals surface area contributed by atoms with Gasteiger partial charge in [-0.3, -0.25) is 33.8 Å². The van der Waals surface area contributed by atoms with Gasteiger partial charge in [0.2, 0.25) is 11.8 Å². The molecule has 19 nitrogen and oxygen atoms in total. The van der Waals surface area contributed by atoms with E-state index >= 15 is 0 Å². The molecule has 82 heavy (non-hydrogen) atoms. The van der Waals surface area contributed by atoms with Crippen molar-refractivity contribution in [1.29, 1.82) is 0 Å². The molecule has 2 saturated heterocycles. The maximum Gasteiger partial charge on any atom is 0.219 e. The summed E-state index contributed by atoms with van der Waals surface area (Å²) in [6.45, 7) is 60.2. The molecular formula is C62H114N18OS. The number of piperazine rings is 2. The fourth-order valence-electron chi connectivity index (χ4n) is 7.28. The monoisotopic (exact) mass is 1160 g/mol. The maximum atomic E-state index is 5.50. The number of nitrogens with zero attached hydrogens (tertiary/aromatic N) is 14. The van der Waals surface area contributed by atoms with E-state index in [1.165, 1.54) is 56.0 Å². The van der Waals surface area contributed by atoms with Crippen LogP contribution in [-0.4, -0.2) is 157 Å². The Labute approximate surface area is 500 Å². The summed E-state index contributed by atoms with van der Waals surface area (Å²) in [7, 11) is 0. The number of aromatic amines is 2. The van der Waals surface area contributed by atoms with E-state index in [2.05, 4.69) is 213 Å². The first-order valence-corrected chi connectivity index (χ1v) is 30.7. The van der Waals surface area contributed by atoms with Gasteiger partial charge >= 0.3 is 0 Å². The highest BCUT2D eigenvalue weighted by molar-refractivity contribution is 7.08. The van der Waals surface area contributed by atoms with Crippen molar-refractivity contribution in [3.8, 4) is 0 Å². The summed E-state index contributed by atoms with van der Waals surface area (Å²) in [5.41, 5.74) is 11.9. The molecule has 0 aromatic carbocycles. The molecule has 9 heterocycles. The van der Waals surface area contributed by atoms with E-state index in [1.807, 2.05) is 91.1 Å². The zero-order chi connectivity index (χ0) is 62.0. The SMILES string of the molecule is CC(C)(C)c1cn[nH]c1.CC(C)(C)c1cn[nH]n1.CC(C)N1CCN(CCN)CC1.CC(C)N1CCNCC1.CC(C)c1ccsc1.CC(C)n1cccn1.Cc1ccn(C(C)C)n1.Cc1cnn(C(C)C)c1.Cc1nnc(C(C)C)o1. The third kappa shape index (κ3) is 33.1. The van der Waals surface area contributed by atoms with Crippen molar-refractivity contribution in [2.45, 2.75) is 212 Å². The fourth-order valence-corrected chi connectivity index (χ4v) is 8.10. The van der Waals surface area contributed by atoms with Crippen LogP contribution in [0.2, 0.25) is 0 Å². The second-order valence-electron chi connectivity index (χ2n) is 24.7. The zero-order valence-corrected chi connectivity index (χ0v) is 56.1. The largest absolute Gasteiger partial charge is 0.425 e. The molecular weight excluding hydrogens is 1040 g/mol. The molecule has 9 rings (SSSR count). The van der Waals surface area contributed by atoms with Crippen LogP contribution < -0.4 is 11.1 Å². The highest BCUT2D eigenvalue weighted by Gasteiger charge is 2.18. The van der Waals surface area contributed by atoms with Gasteiger partial charge in [-0.05, 0) is 140 Å². The zero-order valence-electron chi connectivity index (χ0n) is 55.3. The van der Waals surface area contributed by atoms with Gasteiger partial charge in [0.15, 0.2) is 0 Å². The third-order valence-corrected chi connectivity index (χ3v) is 13.5. The number of nitrogens with one attached hydrogen (secondary N) is 3. The topological polar surface area (TPSA) is 210 Å². The number of nitrogens with two attached hydrogens (primary N) is 1. The van der Waals surface area contributed by atoms with Crippen LogP contribution in [0.1, 0.15) is 208 Å². The number of hydrogen-bond acceptors (Lipinski definition) is 15. The van der Waals surface area contributed by atoms with Gasteiger partial charge in [-0.25, -0.2) is 0 Å². The fraction of sp³-hybridized carbons (Fsp3) is 0.677. The van der Waals surface area contributed by atoms with Gasteiger partial charge in [-0.2, -0.15) is 47.1 Å². The highest BCUT2D eigenvalue weighted by Crippen LogP contribution is 2.20. The van der Waals surface area contributed by atoms with Crippen molar-refractivity contribution in [1.82, 2.24) is 85.2 Å². The minimum atomic E-state index is 0.118. The molecule has 7 aromatic rings. The Morgan fingerprint density at radius 3 is 1.52 bits per heavy atom. The van der Waals surface area contributed by atoms with Crippen LogP contribution in [0.15, 0.2) is 83.0 Å². The smallest absolute Gasteiger partial charge is 0.219 e. The van der Waals surface area contributed by atoms with Gasteiger partial charge in [0.1, 0.15) is 0 Å². The molecule has 464 valence electrons. The Morgan fingerprint density at radius 2 is 1.26 bits per heavy atom. The molecule has 0 radical (unpaired) electrons. The van der Waals surface area contributed by atoms with Crippen LogP contribution in [0.25, 0.3) is 0 Å². The lowest BCUT2D eigenvalue weighted by molar-refractivity contribution is 0.111. The lowest BCUT2D eigenvalue weighted by Gasteiger charge is -2.36. The summed E-state index contributed by atoms with van der Waals surface area (Å²) in [5, 5.41) is 44.4. The third-order valence-electron chi connectivity index (χ3n) is 12.8. The molecule has 2 fully saturated rings. The number of hydrogen-bond donors (Lipinski definition) is 4. The van der Waals surface area contributed by atoms with E-state index in [1.54, 1.807) is 30.7 Å². The molecule has 2 aliphatic heterocycles. The summed E-state index contributed by atoms with van der Waals surface area (Å²) in [6, 6.07) is 9.01. The van der Waals surface area contributed by atoms with E-state index < -0.39 is 0 Å². The molecule has 0 amide bonds. The van der Waals surface area contributed by atoms with Gasteiger partial charge in [-0.15, -0.1) is 10.2 Å². The molecule has 0 saturated carbocycles. The number of rotatable bonds is 9. The lowest BCUT2D eigenvalue weighted by atomic mass is 9.90. The van der Waals surface area contributed by atoms with Crippen molar-refractivity contribution >= 4 is 11.3 Å². The molecule has 2 aliphatic rings. The number of H-pyrrole nitrogens is 2. The minimum Gasteiger partial charge on any atom is -0.425 e.